The molecule has 148 valence electrons. The number of ether oxygens (including phenoxy) is 1. The first-order valence-corrected chi connectivity index (χ1v) is 10.6. The standard InChI is InChI=1S/C20H27IN2O4/c21-15-7-3-4-8-17(15)27-18-12-13(20(26)22-9-10-24)11-16(19(18)25)23-14-5-1-2-6-14/h3-4,7-8,12,14,16,18-19,23-25H,1-2,5-6,9-11H2,(H,22,26)/t16-,18+,19+/m1/s1. The van der Waals surface area contributed by atoms with Crippen LogP contribution in [0.1, 0.15) is 32.1 Å². The van der Waals surface area contributed by atoms with Crippen LogP contribution in [-0.2, 0) is 4.79 Å². The van der Waals surface area contributed by atoms with Gasteiger partial charge in [0, 0.05) is 24.2 Å². The summed E-state index contributed by atoms with van der Waals surface area (Å²) in [6.07, 6.45) is 5.40. The molecule has 1 aromatic carbocycles. The Hall–Kier alpha value is -1.16. The zero-order valence-corrected chi connectivity index (χ0v) is 17.4. The predicted molar refractivity (Wildman–Crippen MR) is 112 cm³/mol. The summed E-state index contributed by atoms with van der Waals surface area (Å²) in [5.41, 5.74) is 0.584. The Labute approximate surface area is 173 Å². The topological polar surface area (TPSA) is 90.8 Å². The molecule has 0 spiro atoms. The van der Waals surface area contributed by atoms with Gasteiger partial charge in [0.2, 0.25) is 5.91 Å². The van der Waals surface area contributed by atoms with Crippen LogP contribution in [0.2, 0.25) is 0 Å². The first-order valence-electron chi connectivity index (χ1n) is 9.53. The van der Waals surface area contributed by atoms with E-state index in [1.165, 1.54) is 12.8 Å². The number of hydrogen-bond acceptors (Lipinski definition) is 5. The minimum atomic E-state index is -0.740. The van der Waals surface area contributed by atoms with E-state index in [4.69, 9.17) is 9.84 Å². The number of nitrogens with one attached hydrogen (secondary N) is 2. The average Bonchev–Trinajstić information content (AvgIpc) is 3.17. The third-order valence-corrected chi connectivity index (χ3v) is 6.04. The molecule has 3 rings (SSSR count). The molecule has 0 aliphatic heterocycles. The fourth-order valence-corrected chi connectivity index (χ4v) is 4.26. The SMILES string of the molecule is O=C(NCCO)C1=C[C@H](Oc2ccccc2I)[C@@H](O)[C@H](NC2CCCC2)C1. The summed E-state index contributed by atoms with van der Waals surface area (Å²) in [4.78, 5) is 12.5. The van der Waals surface area contributed by atoms with Crippen LogP contribution in [-0.4, -0.2) is 53.6 Å². The Bertz CT molecular complexity index is 676. The number of amides is 1. The zero-order valence-electron chi connectivity index (χ0n) is 15.2. The lowest BCUT2D eigenvalue weighted by molar-refractivity contribution is -0.118. The molecule has 2 aliphatic rings. The second-order valence-corrected chi connectivity index (χ2v) is 8.30. The summed E-state index contributed by atoms with van der Waals surface area (Å²) in [6.45, 7) is 0.106. The molecule has 1 aromatic rings. The van der Waals surface area contributed by atoms with Crippen LogP contribution in [0.5, 0.6) is 5.75 Å². The predicted octanol–water partition coefficient (Wildman–Crippen LogP) is 1.74. The fourth-order valence-electron chi connectivity index (χ4n) is 3.75. The van der Waals surface area contributed by atoms with Crippen molar-refractivity contribution in [1.82, 2.24) is 10.6 Å². The number of benzene rings is 1. The van der Waals surface area contributed by atoms with Crippen LogP contribution in [0.3, 0.4) is 0 Å². The molecule has 0 radical (unpaired) electrons. The Balaban J connectivity index is 1.78. The van der Waals surface area contributed by atoms with E-state index in [0.717, 1.165) is 16.4 Å². The molecule has 27 heavy (non-hydrogen) atoms. The van der Waals surface area contributed by atoms with Gasteiger partial charge in [-0.25, -0.2) is 0 Å². The molecule has 0 saturated heterocycles. The lowest BCUT2D eigenvalue weighted by atomic mass is 9.88. The van der Waals surface area contributed by atoms with Gasteiger partial charge in [0.05, 0.1) is 10.2 Å². The van der Waals surface area contributed by atoms with Gasteiger partial charge in [-0.3, -0.25) is 4.79 Å². The van der Waals surface area contributed by atoms with E-state index in [1.807, 2.05) is 24.3 Å². The molecule has 0 unspecified atom stereocenters. The van der Waals surface area contributed by atoms with Gasteiger partial charge < -0.3 is 25.6 Å². The van der Waals surface area contributed by atoms with Crippen LogP contribution >= 0.6 is 22.6 Å². The minimum Gasteiger partial charge on any atom is -0.482 e. The van der Waals surface area contributed by atoms with Crippen molar-refractivity contribution in [3.05, 3.63) is 39.5 Å². The number of rotatable bonds is 7. The van der Waals surface area contributed by atoms with Crippen molar-refractivity contribution in [3.8, 4) is 5.75 Å². The van der Waals surface area contributed by atoms with Crippen molar-refractivity contribution in [3.63, 3.8) is 0 Å². The lowest BCUT2D eigenvalue weighted by Crippen LogP contribution is -2.53. The molecular weight excluding hydrogens is 459 g/mol. The van der Waals surface area contributed by atoms with Gasteiger partial charge in [-0.1, -0.05) is 25.0 Å². The van der Waals surface area contributed by atoms with Crippen molar-refractivity contribution >= 4 is 28.5 Å². The number of para-hydroxylation sites is 1. The molecule has 0 heterocycles. The van der Waals surface area contributed by atoms with Gasteiger partial charge in [0.1, 0.15) is 18.0 Å². The van der Waals surface area contributed by atoms with E-state index in [0.29, 0.717) is 23.8 Å². The largest absolute Gasteiger partial charge is 0.482 e. The Kier molecular flexibility index (Phi) is 7.51. The molecule has 2 aliphatic carbocycles. The van der Waals surface area contributed by atoms with Crippen LogP contribution in [0.4, 0.5) is 0 Å². The number of hydrogen-bond donors (Lipinski definition) is 4. The summed E-state index contributed by atoms with van der Waals surface area (Å²) in [7, 11) is 0. The smallest absolute Gasteiger partial charge is 0.247 e. The Morgan fingerprint density at radius 1 is 1.26 bits per heavy atom. The Morgan fingerprint density at radius 2 is 2.00 bits per heavy atom. The van der Waals surface area contributed by atoms with Crippen LogP contribution in [0.25, 0.3) is 0 Å². The molecular formula is C20H27IN2O4. The second-order valence-electron chi connectivity index (χ2n) is 7.13. The fraction of sp³-hybridized carbons (Fsp3) is 0.550. The summed E-state index contributed by atoms with van der Waals surface area (Å²) >= 11 is 2.20. The number of aliphatic hydroxyl groups is 2. The van der Waals surface area contributed by atoms with E-state index in [9.17, 15) is 9.90 Å². The molecule has 7 heteroatoms. The van der Waals surface area contributed by atoms with Gasteiger partial charge >= 0.3 is 0 Å². The van der Waals surface area contributed by atoms with Crippen molar-refractivity contribution in [2.75, 3.05) is 13.2 Å². The first kappa shape index (κ1) is 20.6. The molecule has 1 amide bonds. The minimum absolute atomic E-state index is 0.104. The first-order chi connectivity index (χ1) is 13.1. The van der Waals surface area contributed by atoms with Gasteiger partial charge in [0.25, 0.3) is 0 Å². The maximum atomic E-state index is 12.5. The maximum Gasteiger partial charge on any atom is 0.247 e. The van der Waals surface area contributed by atoms with Crippen molar-refractivity contribution in [2.45, 2.75) is 56.4 Å². The highest BCUT2D eigenvalue weighted by atomic mass is 127. The van der Waals surface area contributed by atoms with Gasteiger partial charge in [-0.15, -0.1) is 0 Å². The van der Waals surface area contributed by atoms with E-state index < -0.39 is 12.2 Å². The number of carbonyl (C=O) groups excluding carboxylic acids is 1. The normalized spacial score (nSPS) is 25.9. The van der Waals surface area contributed by atoms with Crippen LogP contribution in [0.15, 0.2) is 35.9 Å². The van der Waals surface area contributed by atoms with Gasteiger partial charge in [0.15, 0.2) is 0 Å². The van der Waals surface area contributed by atoms with Gasteiger partial charge in [-0.05, 0) is 60.1 Å². The summed E-state index contributed by atoms with van der Waals surface area (Å²) < 4.78 is 7.03. The molecule has 0 bridgehead atoms. The van der Waals surface area contributed by atoms with Crippen molar-refractivity contribution in [2.24, 2.45) is 0 Å². The highest BCUT2D eigenvalue weighted by Crippen LogP contribution is 2.28. The third kappa shape index (κ3) is 5.43. The second kappa shape index (κ2) is 9.86. The van der Waals surface area contributed by atoms with Crippen LogP contribution in [0, 0.1) is 3.57 Å². The van der Waals surface area contributed by atoms with E-state index >= 15 is 0 Å². The van der Waals surface area contributed by atoms with Gasteiger partial charge in [-0.2, -0.15) is 0 Å². The molecule has 0 aromatic heterocycles. The highest BCUT2D eigenvalue weighted by Gasteiger charge is 2.36. The molecule has 6 nitrogen and oxygen atoms in total. The van der Waals surface area contributed by atoms with Crippen molar-refractivity contribution < 1.29 is 19.7 Å². The van der Waals surface area contributed by atoms with E-state index in [2.05, 4.69) is 33.2 Å². The number of aliphatic hydroxyl groups excluding tert-OH is 2. The average molecular weight is 486 g/mol. The van der Waals surface area contributed by atoms with Crippen molar-refractivity contribution in [1.29, 1.82) is 0 Å². The lowest BCUT2D eigenvalue weighted by Gasteiger charge is -2.36. The number of carbonyl (C=O) groups is 1. The van der Waals surface area contributed by atoms with E-state index in [-0.39, 0.29) is 25.1 Å². The third-order valence-electron chi connectivity index (χ3n) is 5.15. The molecule has 4 N–H and O–H groups in total. The maximum absolute atomic E-state index is 12.5. The summed E-state index contributed by atoms with van der Waals surface area (Å²) in [6, 6.07) is 7.76. The molecule has 1 saturated carbocycles. The Morgan fingerprint density at radius 3 is 2.70 bits per heavy atom. The molecule has 3 atom stereocenters. The monoisotopic (exact) mass is 486 g/mol. The molecule has 1 fully saturated rings. The van der Waals surface area contributed by atoms with Crippen LogP contribution < -0.4 is 15.4 Å². The summed E-state index contributed by atoms with van der Waals surface area (Å²) in [5.74, 6) is 0.473. The van der Waals surface area contributed by atoms with E-state index in [1.54, 1.807) is 6.08 Å². The summed E-state index contributed by atoms with van der Waals surface area (Å²) in [5, 5.41) is 26.1. The highest BCUT2D eigenvalue weighted by molar-refractivity contribution is 14.1. The number of halogens is 1. The zero-order chi connectivity index (χ0) is 19.2. The quantitative estimate of drug-likeness (QED) is 0.441.